The second-order valence-corrected chi connectivity index (χ2v) is 11.9. The predicted molar refractivity (Wildman–Crippen MR) is 157 cm³/mol. The van der Waals surface area contributed by atoms with E-state index in [4.69, 9.17) is 16.6 Å². The van der Waals surface area contributed by atoms with Crippen LogP contribution < -0.4 is 0 Å². The van der Waals surface area contributed by atoms with E-state index in [0.717, 1.165) is 83.4 Å². The number of piperidine rings is 1. The topological polar surface area (TPSA) is 63.4 Å². The molecule has 2 aliphatic heterocycles. The van der Waals surface area contributed by atoms with E-state index in [1.807, 2.05) is 36.1 Å². The quantitative estimate of drug-likeness (QED) is 0.271. The van der Waals surface area contributed by atoms with Gasteiger partial charge in [-0.1, -0.05) is 23.2 Å². The van der Waals surface area contributed by atoms with Crippen molar-refractivity contribution >= 4 is 46.1 Å². The number of thiophene rings is 1. The third-order valence-electron chi connectivity index (χ3n) is 8.15. The maximum Gasteiger partial charge on any atom is 0.264 e. The Morgan fingerprint density at radius 3 is 2.74 bits per heavy atom. The maximum absolute atomic E-state index is 13.5. The Morgan fingerprint density at radius 2 is 1.87 bits per heavy atom. The minimum atomic E-state index is 0.117. The number of carbonyl (C=O) groups excluding carboxylic acids is 1. The van der Waals surface area contributed by atoms with Gasteiger partial charge in [-0.25, -0.2) is 4.98 Å². The highest BCUT2D eigenvalue weighted by Gasteiger charge is 2.27. The summed E-state index contributed by atoms with van der Waals surface area (Å²) in [7, 11) is 0. The lowest BCUT2D eigenvalue weighted by atomic mass is 9.87. The molecule has 0 spiro atoms. The highest BCUT2D eigenvalue weighted by molar-refractivity contribution is 7.16. The molecule has 0 N–H and O–H groups in total. The predicted octanol–water partition coefficient (Wildman–Crippen LogP) is 6.89. The van der Waals surface area contributed by atoms with Gasteiger partial charge in [-0.2, -0.15) is 0 Å². The van der Waals surface area contributed by atoms with Crippen LogP contribution in [0.1, 0.15) is 52.3 Å². The molecule has 1 aromatic carbocycles. The number of amides is 1. The maximum atomic E-state index is 13.5. The number of aliphatic imine (C=N–C) groups is 1. The summed E-state index contributed by atoms with van der Waals surface area (Å²) in [6.45, 7) is 3.48. The van der Waals surface area contributed by atoms with Crippen molar-refractivity contribution in [1.29, 1.82) is 0 Å². The van der Waals surface area contributed by atoms with E-state index in [9.17, 15) is 4.79 Å². The summed E-state index contributed by atoms with van der Waals surface area (Å²) < 4.78 is 2.10. The van der Waals surface area contributed by atoms with Gasteiger partial charge in [0.15, 0.2) is 0 Å². The summed E-state index contributed by atoms with van der Waals surface area (Å²) in [5, 5.41) is 1.80. The smallest absolute Gasteiger partial charge is 0.264 e. The Balaban J connectivity index is 1.08. The van der Waals surface area contributed by atoms with Gasteiger partial charge < -0.3 is 4.90 Å². The molecule has 196 valence electrons. The molecule has 5 heterocycles. The van der Waals surface area contributed by atoms with Gasteiger partial charge in [0.05, 0.1) is 16.6 Å². The van der Waals surface area contributed by atoms with Crippen LogP contribution >= 0.6 is 22.9 Å². The van der Waals surface area contributed by atoms with Crippen LogP contribution in [0.5, 0.6) is 0 Å². The Hall–Kier alpha value is -3.55. The average Bonchev–Trinajstić information content (AvgIpc) is 3.51. The van der Waals surface area contributed by atoms with Crippen molar-refractivity contribution in [3.05, 3.63) is 98.1 Å². The zero-order chi connectivity index (χ0) is 26.5. The summed E-state index contributed by atoms with van der Waals surface area (Å²) in [4.78, 5) is 29.9. The van der Waals surface area contributed by atoms with Gasteiger partial charge in [-0.3, -0.25) is 19.3 Å². The monoisotopic (exact) mass is 553 g/mol. The number of aryl methyl sites for hydroxylation is 2. The van der Waals surface area contributed by atoms with Gasteiger partial charge in [-0.15, -0.1) is 11.3 Å². The number of benzene rings is 1. The number of halogens is 1. The summed E-state index contributed by atoms with van der Waals surface area (Å²) >= 11 is 7.81. The van der Waals surface area contributed by atoms with E-state index in [1.165, 1.54) is 44.9 Å². The van der Waals surface area contributed by atoms with Crippen LogP contribution in [0.3, 0.4) is 0 Å². The molecule has 4 aromatic rings. The Bertz CT molecular complexity index is 1720. The molecule has 1 amide bonds. The number of nitrogens with zero attached hydrogens (tertiary/aromatic N) is 5. The normalized spacial score (nSPS) is 17.4. The molecule has 0 unspecified atom stereocenters. The number of fused-ring (bicyclic) bond motifs is 2. The molecule has 7 rings (SSSR count). The second-order valence-electron chi connectivity index (χ2n) is 10.4. The molecule has 1 fully saturated rings. The third-order valence-corrected chi connectivity index (χ3v) is 9.45. The number of aromatic nitrogens is 3. The largest absolute Gasteiger partial charge is 0.337 e. The van der Waals surface area contributed by atoms with Crippen LogP contribution in [0.25, 0.3) is 16.0 Å². The molecule has 6 nitrogen and oxygen atoms in total. The van der Waals surface area contributed by atoms with Gasteiger partial charge in [-0.05, 0) is 85.2 Å². The zero-order valence-electron chi connectivity index (χ0n) is 21.8. The summed E-state index contributed by atoms with van der Waals surface area (Å²) in [5.74, 6) is 1.01. The molecule has 1 aliphatic carbocycles. The van der Waals surface area contributed by atoms with Gasteiger partial charge in [0, 0.05) is 49.1 Å². The Labute approximate surface area is 236 Å². The average molecular weight is 554 g/mol. The van der Waals surface area contributed by atoms with Crippen molar-refractivity contribution in [1.82, 2.24) is 19.4 Å². The van der Waals surface area contributed by atoms with Crippen LogP contribution in [-0.2, 0) is 12.8 Å². The van der Waals surface area contributed by atoms with Crippen LogP contribution in [0.4, 0.5) is 0 Å². The number of allylic oxidation sites excluding steroid dienone is 3. The number of hydrogen-bond donors (Lipinski definition) is 0. The van der Waals surface area contributed by atoms with Crippen molar-refractivity contribution in [2.24, 2.45) is 4.99 Å². The van der Waals surface area contributed by atoms with Gasteiger partial charge >= 0.3 is 0 Å². The van der Waals surface area contributed by atoms with Crippen molar-refractivity contribution in [3.63, 3.8) is 0 Å². The standard InChI is InChI=1S/C31H28ClN5OS/c1-19-35-27-18-33-12-9-28(27)37(19)30-7-6-29(39-30)31(38)36-14-10-20(11-15-36)24-8-13-34-26-17-22-2-4-23(32)16-21(22)3-5-25(24)26/h2,4,6-7,9,12-13,16,18H,3,5,8,10-11,14-15,17H2,1H3. The van der Waals surface area contributed by atoms with Crippen LogP contribution in [0, 0.1) is 6.92 Å². The summed E-state index contributed by atoms with van der Waals surface area (Å²) in [6, 6.07) is 12.2. The molecular weight excluding hydrogens is 526 g/mol. The fourth-order valence-corrected chi connectivity index (χ4v) is 7.43. The van der Waals surface area contributed by atoms with Crippen LogP contribution in [-0.4, -0.2) is 44.6 Å². The number of carbonyl (C=O) groups is 1. The highest BCUT2D eigenvalue weighted by atomic mass is 35.5. The first-order valence-corrected chi connectivity index (χ1v) is 14.7. The Kier molecular flexibility index (Phi) is 6.21. The molecule has 0 saturated carbocycles. The van der Waals surface area contributed by atoms with E-state index in [2.05, 4.69) is 32.9 Å². The van der Waals surface area contributed by atoms with Gasteiger partial charge in [0.2, 0.25) is 0 Å². The van der Waals surface area contributed by atoms with E-state index in [1.54, 1.807) is 12.4 Å². The number of rotatable bonds is 2. The zero-order valence-corrected chi connectivity index (χ0v) is 23.4. The van der Waals surface area contributed by atoms with E-state index < -0.39 is 0 Å². The first-order valence-electron chi connectivity index (χ1n) is 13.5. The minimum Gasteiger partial charge on any atom is -0.337 e. The minimum absolute atomic E-state index is 0.117. The number of hydrogen-bond acceptors (Lipinski definition) is 5. The van der Waals surface area contributed by atoms with Gasteiger partial charge in [0.1, 0.15) is 16.3 Å². The molecule has 0 atom stereocenters. The van der Waals surface area contributed by atoms with Crippen molar-refractivity contribution < 1.29 is 4.79 Å². The van der Waals surface area contributed by atoms with Crippen molar-refractivity contribution in [2.75, 3.05) is 13.1 Å². The molecule has 8 heteroatoms. The molecule has 39 heavy (non-hydrogen) atoms. The second kappa shape index (κ2) is 9.88. The molecule has 1 saturated heterocycles. The number of pyridine rings is 1. The number of likely N-dealkylation sites (tertiary alicyclic amines) is 1. The van der Waals surface area contributed by atoms with Crippen molar-refractivity contribution in [3.8, 4) is 5.00 Å². The fraction of sp³-hybridized carbons (Fsp3) is 0.290. The SMILES string of the molecule is Cc1nc2cnccc2n1-c1ccc(C(=O)N2CCC(=C3CC=NC4=C3CCc3cc(Cl)ccc3C4)CC2)s1. The Morgan fingerprint density at radius 1 is 1.00 bits per heavy atom. The van der Waals surface area contributed by atoms with Gasteiger partial charge in [0.25, 0.3) is 5.91 Å². The molecule has 3 aromatic heterocycles. The lowest BCUT2D eigenvalue weighted by Crippen LogP contribution is -2.36. The van der Waals surface area contributed by atoms with E-state index >= 15 is 0 Å². The summed E-state index contributed by atoms with van der Waals surface area (Å²) in [6.07, 6.45) is 11.2. The van der Waals surface area contributed by atoms with E-state index in [-0.39, 0.29) is 5.91 Å². The van der Waals surface area contributed by atoms with E-state index in [0.29, 0.717) is 0 Å². The van der Waals surface area contributed by atoms with Crippen LogP contribution in [0.2, 0.25) is 5.02 Å². The molecule has 0 bridgehead atoms. The lowest BCUT2D eigenvalue weighted by molar-refractivity contribution is 0.0748. The molecule has 3 aliphatic rings. The first-order chi connectivity index (χ1) is 19.0. The van der Waals surface area contributed by atoms with Crippen LogP contribution in [0.15, 0.2) is 76.2 Å². The third kappa shape index (κ3) is 4.43. The molecule has 0 radical (unpaired) electrons. The first kappa shape index (κ1) is 24.5. The fourth-order valence-electron chi connectivity index (χ4n) is 6.20. The molecular formula is C31H28ClN5OS. The lowest BCUT2D eigenvalue weighted by Gasteiger charge is -2.31. The summed E-state index contributed by atoms with van der Waals surface area (Å²) in [5.41, 5.74) is 10.1. The highest BCUT2D eigenvalue weighted by Crippen LogP contribution is 2.38. The van der Waals surface area contributed by atoms with Crippen molar-refractivity contribution in [2.45, 2.75) is 45.4 Å². The number of imidazole rings is 1.